The molecule has 0 aromatic heterocycles. The van der Waals surface area contributed by atoms with E-state index in [0.29, 0.717) is 15.6 Å². The minimum absolute atomic E-state index is 0.0555. The highest BCUT2D eigenvalue weighted by Gasteiger charge is 2.51. The highest BCUT2D eigenvalue weighted by Crippen LogP contribution is 2.27. The van der Waals surface area contributed by atoms with Crippen LogP contribution in [0.25, 0.3) is 0 Å². The zero-order valence-corrected chi connectivity index (χ0v) is 20.2. The zero-order chi connectivity index (χ0) is 23.9. The monoisotopic (exact) mass is 527 g/mol. The first-order chi connectivity index (χ1) is 15.8. The molecule has 0 aliphatic heterocycles. The lowest BCUT2D eigenvalue weighted by Gasteiger charge is -2.31. The Balaban J connectivity index is 2.12. The van der Waals surface area contributed by atoms with Crippen LogP contribution in [-0.4, -0.2) is 32.5 Å². The molecule has 0 bridgehead atoms. The van der Waals surface area contributed by atoms with Gasteiger partial charge in [0, 0.05) is 10.0 Å². The van der Waals surface area contributed by atoms with Crippen molar-refractivity contribution >= 4 is 31.7 Å². The molecule has 0 radical (unpaired) electrons. The van der Waals surface area contributed by atoms with E-state index in [9.17, 15) is 13.2 Å². The van der Waals surface area contributed by atoms with Crippen LogP contribution in [-0.2, 0) is 30.7 Å². The first kappa shape index (κ1) is 24.7. The molecule has 8 heteroatoms. The number of carbonyl (C=O) groups excluding carboxylic acids is 1. The molecule has 2 N–H and O–H groups in total. The van der Waals surface area contributed by atoms with Crippen molar-refractivity contribution in [2.24, 2.45) is 5.73 Å². The van der Waals surface area contributed by atoms with Crippen molar-refractivity contribution in [2.75, 3.05) is 7.11 Å². The van der Waals surface area contributed by atoms with Crippen molar-refractivity contribution in [3.8, 4) is 11.8 Å². The molecule has 3 aromatic rings. The average molecular weight is 528 g/mol. The van der Waals surface area contributed by atoms with E-state index in [1.54, 1.807) is 60.7 Å². The lowest BCUT2D eigenvalue weighted by atomic mass is 10.1. The molecular formula is C25H22BrNO5S. The van der Waals surface area contributed by atoms with Gasteiger partial charge in [-0.3, -0.25) is 5.73 Å². The van der Waals surface area contributed by atoms with Crippen molar-refractivity contribution in [2.45, 2.75) is 22.5 Å². The summed E-state index contributed by atoms with van der Waals surface area (Å²) >= 11 is 3.29. The number of ether oxygens (including phenoxy) is 2. The van der Waals surface area contributed by atoms with Crippen LogP contribution in [0.3, 0.4) is 0 Å². The number of esters is 1. The molecule has 170 valence electrons. The SMILES string of the molecule is COC(=O)[C@@](N)(OCc1ccccc1)[C@H](C#Cc1ccccc1)S(=O)(=O)c1ccc(Br)cc1. The Labute approximate surface area is 201 Å². The smallest absolute Gasteiger partial charge is 0.355 e. The minimum Gasteiger partial charge on any atom is -0.466 e. The number of methoxy groups -OCH3 is 1. The van der Waals surface area contributed by atoms with Gasteiger partial charge >= 0.3 is 5.97 Å². The van der Waals surface area contributed by atoms with E-state index in [1.807, 2.05) is 12.1 Å². The third kappa shape index (κ3) is 5.89. The summed E-state index contributed by atoms with van der Waals surface area (Å²) in [5.41, 5.74) is 5.24. The molecule has 6 nitrogen and oxygen atoms in total. The number of halogens is 1. The van der Waals surface area contributed by atoms with Gasteiger partial charge in [-0.1, -0.05) is 76.3 Å². The third-order valence-corrected chi connectivity index (χ3v) is 7.33. The third-order valence-electron chi connectivity index (χ3n) is 4.79. The summed E-state index contributed by atoms with van der Waals surface area (Å²) in [4.78, 5) is 12.8. The van der Waals surface area contributed by atoms with Crippen molar-refractivity contribution in [1.82, 2.24) is 0 Å². The summed E-state index contributed by atoms with van der Waals surface area (Å²) in [7, 11) is -3.14. The van der Waals surface area contributed by atoms with E-state index in [-0.39, 0.29) is 11.5 Å². The van der Waals surface area contributed by atoms with Gasteiger partial charge < -0.3 is 9.47 Å². The molecular weight excluding hydrogens is 506 g/mol. The Hall–Kier alpha value is -2.96. The van der Waals surface area contributed by atoms with Crippen LogP contribution in [0, 0.1) is 11.8 Å². The molecule has 0 aliphatic rings. The van der Waals surface area contributed by atoms with Gasteiger partial charge in [-0.25, -0.2) is 13.2 Å². The molecule has 0 fully saturated rings. The normalized spacial score (nSPS) is 13.8. The summed E-state index contributed by atoms with van der Waals surface area (Å²) in [6, 6.07) is 23.7. The second kappa shape index (κ2) is 10.8. The molecule has 2 atom stereocenters. The van der Waals surface area contributed by atoms with Crippen LogP contribution in [0.4, 0.5) is 0 Å². The minimum atomic E-state index is -4.25. The lowest BCUT2D eigenvalue weighted by molar-refractivity contribution is -0.169. The lowest BCUT2D eigenvalue weighted by Crippen LogP contribution is -2.61. The Morgan fingerprint density at radius 3 is 2.15 bits per heavy atom. The Bertz CT molecular complexity index is 1250. The van der Waals surface area contributed by atoms with E-state index in [0.717, 1.165) is 7.11 Å². The maximum atomic E-state index is 13.7. The number of benzene rings is 3. The first-order valence-corrected chi connectivity index (χ1v) is 12.2. The molecule has 0 amide bonds. The highest BCUT2D eigenvalue weighted by atomic mass is 79.9. The Kier molecular flexibility index (Phi) is 8.06. The number of rotatable bonds is 7. The van der Waals surface area contributed by atoms with Gasteiger partial charge in [-0.15, -0.1) is 0 Å². The highest BCUT2D eigenvalue weighted by molar-refractivity contribution is 9.10. The van der Waals surface area contributed by atoms with E-state index in [2.05, 4.69) is 27.8 Å². The van der Waals surface area contributed by atoms with Crippen LogP contribution in [0.15, 0.2) is 94.3 Å². The first-order valence-electron chi connectivity index (χ1n) is 9.88. The Morgan fingerprint density at radius 1 is 1.00 bits per heavy atom. The van der Waals surface area contributed by atoms with Gasteiger partial charge in [0.25, 0.3) is 0 Å². The number of hydrogen-bond donors (Lipinski definition) is 1. The van der Waals surface area contributed by atoms with Gasteiger partial charge in [-0.05, 0) is 42.0 Å². The van der Waals surface area contributed by atoms with Gasteiger partial charge in [0.05, 0.1) is 18.6 Å². The molecule has 0 unspecified atom stereocenters. The van der Waals surface area contributed by atoms with Gasteiger partial charge in [-0.2, -0.15) is 0 Å². The van der Waals surface area contributed by atoms with Crippen LogP contribution < -0.4 is 5.73 Å². The second-order valence-corrected chi connectivity index (χ2v) is 10.0. The van der Waals surface area contributed by atoms with Crippen molar-refractivity contribution in [3.05, 3.63) is 101 Å². The van der Waals surface area contributed by atoms with Gasteiger partial charge in [0.2, 0.25) is 5.72 Å². The maximum Gasteiger partial charge on any atom is 0.355 e. The number of nitrogens with two attached hydrogens (primary N) is 1. The quantitative estimate of drug-likeness (QED) is 0.286. The van der Waals surface area contributed by atoms with Crippen LogP contribution in [0.2, 0.25) is 0 Å². The summed E-state index contributed by atoms with van der Waals surface area (Å²) < 4.78 is 38.6. The standard InChI is InChI=1S/C25H22BrNO5S/c1-31-24(28)25(27,32-18-20-10-6-3-7-11-20)23(17-12-19-8-4-2-5-9-19)33(29,30)22-15-13-21(26)14-16-22/h2-11,13-16,23H,18,27H2,1H3/t23-,25-/m0/s1. The molecule has 3 aromatic carbocycles. The average Bonchev–Trinajstić information content (AvgIpc) is 2.83. The van der Waals surface area contributed by atoms with Gasteiger partial charge in [0.1, 0.15) is 0 Å². The Morgan fingerprint density at radius 2 is 1.58 bits per heavy atom. The van der Waals surface area contributed by atoms with Crippen molar-refractivity contribution in [1.29, 1.82) is 0 Å². The molecule has 3 rings (SSSR count). The van der Waals surface area contributed by atoms with E-state index in [1.165, 1.54) is 12.1 Å². The fraction of sp³-hybridized carbons (Fsp3) is 0.160. The summed E-state index contributed by atoms with van der Waals surface area (Å²) in [5.74, 6) is 4.44. The van der Waals surface area contributed by atoms with E-state index < -0.39 is 26.8 Å². The molecule has 33 heavy (non-hydrogen) atoms. The van der Waals surface area contributed by atoms with E-state index >= 15 is 0 Å². The predicted octanol–water partition coefficient (Wildman–Crippen LogP) is 3.69. The summed E-state index contributed by atoms with van der Waals surface area (Å²) in [5, 5.41) is -1.75. The second-order valence-electron chi connectivity index (χ2n) is 7.07. The number of sulfone groups is 1. The predicted molar refractivity (Wildman–Crippen MR) is 129 cm³/mol. The molecule has 0 saturated heterocycles. The maximum absolute atomic E-state index is 13.7. The largest absolute Gasteiger partial charge is 0.466 e. The topological polar surface area (TPSA) is 95.7 Å². The summed E-state index contributed by atoms with van der Waals surface area (Å²) in [6.45, 7) is -0.119. The number of hydrogen-bond acceptors (Lipinski definition) is 6. The van der Waals surface area contributed by atoms with Crippen molar-refractivity contribution in [3.63, 3.8) is 0 Å². The molecule has 0 saturated carbocycles. The fourth-order valence-corrected chi connectivity index (χ4v) is 4.92. The van der Waals surface area contributed by atoms with Crippen molar-refractivity contribution < 1.29 is 22.7 Å². The van der Waals surface area contributed by atoms with E-state index in [4.69, 9.17) is 15.2 Å². The summed E-state index contributed by atoms with van der Waals surface area (Å²) in [6.07, 6.45) is 0. The fourth-order valence-electron chi connectivity index (χ4n) is 3.02. The van der Waals surface area contributed by atoms with Crippen LogP contribution in [0.1, 0.15) is 11.1 Å². The molecule has 0 spiro atoms. The van der Waals surface area contributed by atoms with Crippen LogP contribution >= 0.6 is 15.9 Å². The molecule has 0 aliphatic carbocycles. The molecule has 0 heterocycles. The van der Waals surface area contributed by atoms with Crippen LogP contribution in [0.5, 0.6) is 0 Å². The van der Waals surface area contributed by atoms with Gasteiger partial charge in [0.15, 0.2) is 15.1 Å². The zero-order valence-electron chi connectivity index (χ0n) is 17.8. The number of carbonyl (C=O) groups is 1.